The number of nitrogens with zero attached hydrogens (tertiary/aromatic N) is 1. The molecule has 1 saturated heterocycles. The molecule has 0 unspecified atom stereocenters. The lowest BCUT2D eigenvalue weighted by molar-refractivity contribution is -0.123. The van der Waals surface area contributed by atoms with Crippen molar-refractivity contribution in [1.82, 2.24) is 15.5 Å². The summed E-state index contributed by atoms with van der Waals surface area (Å²) in [4.78, 5) is 14.6. The second-order valence-corrected chi connectivity index (χ2v) is 6.83. The highest BCUT2D eigenvalue weighted by Crippen LogP contribution is 2.17. The molecule has 2 fully saturated rings. The van der Waals surface area contributed by atoms with Gasteiger partial charge in [0, 0.05) is 12.6 Å². The van der Waals surface area contributed by atoms with Gasteiger partial charge in [0.15, 0.2) is 0 Å². The fourth-order valence-electron chi connectivity index (χ4n) is 3.70. The van der Waals surface area contributed by atoms with E-state index in [0.717, 1.165) is 38.5 Å². The van der Waals surface area contributed by atoms with Crippen LogP contribution in [-0.2, 0) is 4.79 Å². The van der Waals surface area contributed by atoms with Gasteiger partial charge in [-0.15, -0.1) is 0 Å². The monoisotopic (exact) mass is 295 g/mol. The van der Waals surface area contributed by atoms with Crippen molar-refractivity contribution in [2.75, 3.05) is 32.7 Å². The van der Waals surface area contributed by atoms with Crippen LogP contribution in [-0.4, -0.2) is 49.6 Å². The van der Waals surface area contributed by atoms with Crippen molar-refractivity contribution in [3.05, 3.63) is 0 Å². The maximum absolute atomic E-state index is 12.3. The first-order chi connectivity index (χ1) is 10.3. The topological polar surface area (TPSA) is 44.4 Å². The number of nitrogens with one attached hydrogen (secondary N) is 2. The van der Waals surface area contributed by atoms with Gasteiger partial charge in [0.05, 0.1) is 6.54 Å². The lowest BCUT2D eigenvalue weighted by atomic mass is 9.95. The van der Waals surface area contributed by atoms with E-state index in [1.165, 1.54) is 44.9 Å². The van der Waals surface area contributed by atoms with Crippen LogP contribution in [0.25, 0.3) is 0 Å². The van der Waals surface area contributed by atoms with Gasteiger partial charge in [-0.3, -0.25) is 9.69 Å². The second-order valence-electron chi connectivity index (χ2n) is 6.83. The van der Waals surface area contributed by atoms with Gasteiger partial charge >= 0.3 is 0 Å². The molecule has 0 radical (unpaired) electrons. The predicted molar refractivity (Wildman–Crippen MR) is 87.3 cm³/mol. The molecule has 0 aromatic heterocycles. The lowest BCUT2D eigenvalue weighted by Gasteiger charge is -2.30. The average molecular weight is 295 g/mol. The quantitative estimate of drug-likeness (QED) is 0.756. The van der Waals surface area contributed by atoms with Crippen LogP contribution < -0.4 is 10.6 Å². The minimum absolute atomic E-state index is 0.240. The third-order valence-corrected chi connectivity index (χ3v) is 4.85. The molecule has 1 saturated carbocycles. The number of carbonyl (C=O) groups excluding carboxylic acids is 1. The molecule has 0 aromatic carbocycles. The zero-order valence-electron chi connectivity index (χ0n) is 13.7. The zero-order valence-corrected chi connectivity index (χ0v) is 13.7. The van der Waals surface area contributed by atoms with Crippen LogP contribution in [0.15, 0.2) is 0 Å². The van der Waals surface area contributed by atoms with Crippen LogP contribution >= 0.6 is 0 Å². The van der Waals surface area contributed by atoms with Crippen LogP contribution in [0, 0.1) is 5.92 Å². The summed E-state index contributed by atoms with van der Waals surface area (Å²) in [7, 11) is 0. The number of rotatable bonds is 7. The van der Waals surface area contributed by atoms with Crippen LogP contribution in [0.4, 0.5) is 0 Å². The Balaban J connectivity index is 1.73. The summed E-state index contributed by atoms with van der Waals surface area (Å²) in [5, 5.41) is 6.67. The van der Waals surface area contributed by atoms with Crippen LogP contribution in [0.2, 0.25) is 0 Å². The van der Waals surface area contributed by atoms with Crippen LogP contribution in [0.3, 0.4) is 0 Å². The van der Waals surface area contributed by atoms with Crippen molar-refractivity contribution in [2.24, 2.45) is 5.92 Å². The fourth-order valence-corrected chi connectivity index (χ4v) is 3.70. The molecule has 0 bridgehead atoms. The van der Waals surface area contributed by atoms with E-state index in [0.29, 0.717) is 12.6 Å². The molecule has 4 nitrogen and oxygen atoms in total. The van der Waals surface area contributed by atoms with Gasteiger partial charge < -0.3 is 10.6 Å². The summed E-state index contributed by atoms with van der Waals surface area (Å²) in [6.45, 7) is 7.20. The molecule has 2 aliphatic rings. The first-order valence-electron chi connectivity index (χ1n) is 9.00. The lowest BCUT2D eigenvalue weighted by Crippen LogP contribution is -2.45. The maximum atomic E-state index is 12.3. The Labute approximate surface area is 130 Å². The summed E-state index contributed by atoms with van der Waals surface area (Å²) < 4.78 is 0. The predicted octanol–water partition coefficient (Wildman–Crippen LogP) is 2.15. The Kier molecular flexibility index (Phi) is 7.51. The van der Waals surface area contributed by atoms with Crippen molar-refractivity contribution in [2.45, 2.75) is 64.3 Å². The highest BCUT2D eigenvalue weighted by molar-refractivity contribution is 5.78. The molecule has 2 rings (SSSR count). The van der Waals surface area contributed by atoms with E-state index < -0.39 is 0 Å². The molecule has 0 atom stereocenters. The van der Waals surface area contributed by atoms with Crippen molar-refractivity contribution >= 4 is 5.91 Å². The van der Waals surface area contributed by atoms with Crippen LogP contribution in [0.1, 0.15) is 58.3 Å². The van der Waals surface area contributed by atoms with Gasteiger partial charge in [0.2, 0.25) is 5.91 Å². The van der Waals surface area contributed by atoms with E-state index in [4.69, 9.17) is 0 Å². The Bertz CT molecular complexity index is 296. The summed E-state index contributed by atoms with van der Waals surface area (Å²) in [5.74, 6) is 1.00. The Morgan fingerprint density at radius 2 is 1.86 bits per heavy atom. The molecule has 21 heavy (non-hydrogen) atoms. The molecular weight excluding hydrogens is 262 g/mol. The fraction of sp³-hybridized carbons (Fsp3) is 0.941. The summed E-state index contributed by atoms with van der Waals surface area (Å²) in [6.07, 6.45) is 9.87. The largest absolute Gasteiger partial charge is 0.352 e. The Hall–Kier alpha value is -0.610. The van der Waals surface area contributed by atoms with Gasteiger partial charge in [-0.2, -0.15) is 0 Å². The highest BCUT2D eigenvalue weighted by atomic mass is 16.2. The number of amides is 1. The molecule has 1 aliphatic heterocycles. The third-order valence-electron chi connectivity index (χ3n) is 4.85. The summed E-state index contributed by atoms with van der Waals surface area (Å²) in [5.41, 5.74) is 0. The van der Waals surface area contributed by atoms with Crippen molar-refractivity contribution in [3.63, 3.8) is 0 Å². The molecule has 122 valence electrons. The molecular formula is C17H33N3O. The maximum Gasteiger partial charge on any atom is 0.234 e. The van der Waals surface area contributed by atoms with Gasteiger partial charge in [0.1, 0.15) is 0 Å². The minimum atomic E-state index is 0.240. The molecule has 1 heterocycles. The zero-order chi connectivity index (χ0) is 14.9. The number of carbonyl (C=O) groups is 1. The normalized spacial score (nSPS) is 21.6. The number of hydrogen-bond acceptors (Lipinski definition) is 3. The average Bonchev–Trinajstić information content (AvgIpc) is 2.49. The summed E-state index contributed by atoms with van der Waals surface area (Å²) in [6, 6.07) is 0.439. The van der Waals surface area contributed by atoms with E-state index in [-0.39, 0.29) is 5.91 Å². The van der Waals surface area contributed by atoms with Gasteiger partial charge in [0.25, 0.3) is 0 Å². The molecule has 2 N–H and O–H groups in total. The second kappa shape index (κ2) is 9.42. The van der Waals surface area contributed by atoms with Crippen molar-refractivity contribution < 1.29 is 4.79 Å². The molecule has 4 heteroatoms. The Morgan fingerprint density at radius 1 is 1.14 bits per heavy atom. The first kappa shape index (κ1) is 16.8. The molecule has 1 amide bonds. The minimum Gasteiger partial charge on any atom is -0.352 e. The standard InChI is InChI=1S/C17H33N3O/c1-2-12-20(13-15-8-10-18-11-9-15)14-17(21)19-16-6-4-3-5-7-16/h15-16,18H,2-14H2,1H3,(H,19,21). The van der Waals surface area contributed by atoms with Gasteiger partial charge in [-0.1, -0.05) is 26.2 Å². The van der Waals surface area contributed by atoms with Crippen LogP contribution in [0.5, 0.6) is 0 Å². The first-order valence-corrected chi connectivity index (χ1v) is 9.00. The van der Waals surface area contributed by atoms with Gasteiger partial charge in [-0.05, 0) is 57.7 Å². The van der Waals surface area contributed by atoms with Crippen molar-refractivity contribution in [3.8, 4) is 0 Å². The number of hydrogen-bond donors (Lipinski definition) is 2. The van der Waals surface area contributed by atoms with Gasteiger partial charge in [-0.25, -0.2) is 0 Å². The van der Waals surface area contributed by atoms with E-state index in [1.54, 1.807) is 0 Å². The number of piperidine rings is 1. The third kappa shape index (κ3) is 6.35. The van der Waals surface area contributed by atoms with Crippen molar-refractivity contribution in [1.29, 1.82) is 0 Å². The molecule has 1 aliphatic carbocycles. The molecule has 0 aromatic rings. The van der Waals surface area contributed by atoms with E-state index >= 15 is 0 Å². The van der Waals surface area contributed by atoms with E-state index in [1.807, 2.05) is 0 Å². The smallest absolute Gasteiger partial charge is 0.234 e. The Morgan fingerprint density at radius 3 is 2.52 bits per heavy atom. The van der Waals surface area contributed by atoms with E-state index in [9.17, 15) is 4.79 Å². The summed E-state index contributed by atoms with van der Waals surface area (Å²) >= 11 is 0. The SMILES string of the molecule is CCCN(CC(=O)NC1CCCCC1)CC1CCNCC1. The molecule has 0 spiro atoms. The van der Waals surface area contributed by atoms with E-state index in [2.05, 4.69) is 22.5 Å². The highest BCUT2D eigenvalue weighted by Gasteiger charge is 2.20.